The Morgan fingerprint density at radius 3 is 2.10 bits per heavy atom. The van der Waals surface area contributed by atoms with Crippen molar-refractivity contribution in [3.8, 4) is 0 Å². The van der Waals surface area contributed by atoms with Crippen LogP contribution in [0.3, 0.4) is 0 Å². The van der Waals surface area contributed by atoms with Gasteiger partial charge in [-0.25, -0.2) is 0 Å². The second kappa shape index (κ2) is 7.48. The molecular formula is C16H26Cl2N2O. The van der Waals surface area contributed by atoms with Crippen molar-refractivity contribution in [1.82, 2.24) is 5.32 Å². The maximum Gasteiger partial charge on any atom is 0.237 e. The highest BCUT2D eigenvalue weighted by Crippen LogP contribution is 2.24. The van der Waals surface area contributed by atoms with Crippen LogP contribution in [-0.2, 0) is 10.2 Å². The molecular weight excluding hydrogens is 307 g/mol. The first-order chi connectivity index (χ1) is 9.04. The van der Waals surface area contributed by atoms with Gasteiger partial charge in [0, 0.05) is 17.0 Å². The summed E-state index contributed by atoms with van der Waals surface area (Å²) in [6.07, 6.45) is 0. The molecule has 21 heavy (non-hydrogen) atoms. The van der Waals surface area contributed by atoms with Crippen molar-refractivity contribution in [1.29, 1.82) is 0 Å². The summed E-state index contributed by atoms with van der Waals surface area (Å²) in [5.74, 6) is -0.112. The quantitative estimate of drug-likeness (QED) is 0.886. The molecule has 3 N–H and O–H groups in total. The first-order valence-electron chi connectivity index (χ1n) is 6.83. The van der Waals surface area contributed by atoms with E-state index >= 15 is 0 Å². The van der Waals surface area contributed by atoms with E-state index < -0.39 is 6.04 Å². The van der Waals surface area contributed by atoms with Gasteiger partial charge in [-0.2, -0.15) is 0 Å². The van der Waals surface area contributed by atoms with Crippen molar-refractivity contribution in [2.24, 2.45) is 11.1 Å². The Labute approximate surface area is 139 Å². The number of hydrogen-bond donors (Lipinski definition) is 2. The molecule has 1 aromatic rings. The maximum atomic E-state index is 12.1. The zero-order valence-corrected chi connectivity index (χ0v) is 14.9. The molecule has 5 heteroatoms. The van der Waals surface area contributed by atoms with Gasteiger partial charge in [0.15, 0.2) is 0 Å². The van der Waals surface area contributed by atoms with E-state index in [9.17, 15) is 4.79 Å². The minimum Gasteiger partial charge on any atom is -0.354 e. The summed E-state index contributed by atoms with van der Waals surface area (Å²) in [5.41, 5.74) is 6.67. The van der Waals surface area contributed by atoms with E-state index in [0.29, 0.717) is 11.6 Å². The Morgan fingerprint density at radius 2 is 1.67 bits per heavy atom. The molecule has 0 aliphatic carbocycles. The van der Waals surface area contributed by atoms with Gasteiger partial charge in [-0.15, -0.1) is 12.4 Å². The molecule has 1 atom stereocenters. The Balaban J connectivity index is 0.00000400. The molecule has 0 fully saturated rings. The van der Waals surface area contributed by atoms with Crippen LogP contribution in [0.4, 0.5) is 0 Å². The fourth-order valence-corrected chi connectivity index (χ4v) is 1.94. The van der Waals surface area contributed by atoms with E-state index in [1.165, 1.54) is 0 Å². The van der Waals surface area contributed by atoms with Crippen molar-refractivity contribution in [3.05, 3.63) is 34.9 Å². The van der Waals surface area contributed by atoms with Gasteiger partial charge in [0.05, 0.1) is 6.04 Å². The summed E-state index contributed by atoms with van der Waals surface area (Å²) in [5, 5.41) is 3.66. The molecule has 0 radical (unpaired) electrons. The molecule has 0 bridgehead atoms. The first kappa shape index (κ1) is 20.2. The van der Waals surface area contributed by atoms with Crippen LogP contribution in [0.25, 0.3) is 0 Å². The van der Waals surface area contributed by atoms with Gasteiger partial charge in [0.25, 0.3) is 0 Å². The smallest absolute Gasteiger partial charge is 0.237 e. The van der Waals surface area contributed by atoms with Crippen LogP contribution in [-0.4, -0.2) is 18.5 Å². The third-order valence-electron chi connectivity index (χ3n) is 3.55. The van der Waals surface area contributed by atoms with Gasteiger partial charge in [0.2, 0.25) is 5.91 Å². The molecule has 0 aliphatic heterocycles. The number of nitrogens with one attached hydrogen (secondary N) is 1. The molecule has 0 saturated carbocycles. The van der Waals surface area contributed by atoms with E-state index in [1.54, 1.807) is 0 Å². The molecule has 3 nitrogen and oxygen atoms in total. The summed E-state index contributed by atoms with van der Waals surface area (Å²) in [6, 6.07) is 7.18. The van der Waals surface area contributed by atoms with Crippen LogP contribution in [0.1, 0.15) is 40.2 Å². The molecule has 1 amide bonds. The highest BCUT2D eigenvalue weighted by molar-refractivity contribution is 6.30. The zero-order valence-electron chi connectivity index (χ0n) is 13.4. The number of benzene rings is 1. The van der Waals surface area contributed by atoms with Crippen LogP contribution < -0.4 is 11.1 Å². The van der Waals surface area contributed by atoms with Gasteiger partial charge in [-0.05, 0) is 23.1 Å². The molecule has 120 valence electrons. The molecule has 1 aromatic carbocycles. The van der Waals surface area contributed by atoms with E-state index in [-0.39, 0.29) is 29.1 Å². The molecule has 0 aliphatic rings. The average Bonchev–Trinajstić information content (AvgIpc) is 2.34. The molecule has 0 heterocycles. The number of rotatable bonds is 4. The average molecular weight is 333 g/mol. The van der Waals surface area contributed by atoms with Crippen molar-refractivity contribution in [2.75, 3.05) is 6.54 Å². The normalized spacial score (nSPS) is 13.3. The third kappa shape index (κ3) is 5.85. The minimum absolute atomic E-state index is 0. The fourth-order valence-electron chi connectivity index (χ4n) is 1.81. The predicted octanol–water partition coefficient (Wildman–Crippen LogP) is 3.53. The lowest BCUT2D eigenvalue weighted by Gasteiger charge is -2.30. The Morgan fingerprint density at radius 1 is 1.19 bits per heavy atom. The fraction of sp³-hybridized carbons (Fsp3) is 0.562. The number of halogens is 2. The lowest BCUT2D eigenvalue weighted by atomic mass is 9.83. The maximum absolute atomic E-state index is 12.1. The minimum atomic E-state index is -0.511. The molecule has 0 saturated heterocycles. The highest BCUT2D eigenvalue weighted by atomic mass is 35.5. The topological polar surface area (TPSA) is 55.1 Å². The highest BCUT2D eigenvalue weighted by Gasteiger charge is 2.29. The van der Waals surface area contributed by atoms with E-state index in [1.807, 2.05) is 45.0 Å². The number of carbonyl (C=O) groups excluding carboxylic acids is 1. The summed E-state index contributed by atoms with van der Waals surface area (Å²) < 4.78 is 0. The molecule has 0 unspecified atom stereocenters. The number of carbonyl (C=O) groups is 1. The largest absolute Gasteiger partial charge is 0.354 e. The summed E-state index contributed by atoms with van der Waals surface area (Å²) >= 11 is 5.89. The lowest BCUT2D eigenvalue weighted by molar-refractivity contribution is -0.124. The lowest BCUT2D eigenvalue weighted by Crippen LogP contribution is -2.50. The van der Waals surface area contributed by atoms with Crippen LogP contribution in [0.5, 0.6) is 0 Å². The number of nitrogens with two attached hydrogens (primary N) is 1. The SMILES string of the molecule is CC(C)(CNC(=O)[C@@H](N)C(C)(C)C)c1ccc(Cl)cc1.Cl. The predicted molar refractivity (Wildman–Crippen MR) is 92.2 cm³/mol. The summed E-state index contributed by atoms with van der Waals surface area (Å²) in [4.78, 5) is 12.1. The van der Waals surface area contributed by atoms with Crippen LogP contribution in [0.2, 0.25) is 5.02 Å². The van der Waals surface area contributed by atoms with Crippen molar-refractivity contribution in [3.63, 3.8) is 0 Å². The van der Waals surface area contributed by atoms with Crippen molar-refractivity contribution in [2.45, 2.75) is 46.1 Å². The Hall–Kier alpha value is -0.770. The van der Waals surface area contributed by atoms with E-state index in [2.05, 4.69) is 19.2 Å². The van der Waals surface area contributed by atoms with Crippen LogP contribution in [0.15, 0.2) is 24.3 Å². The Bertz CT molecular complexity index is 464. The van der Waals surface area contributed by atoms with Gasteiger partial charge in [-0.1, -0.05) is 58.4 Å². The second-order valence-corrected chi connectivity index (χ2v) is 7.39. The second-order valence-electron chi connectivity index (χ2n) is 6.95. The van der Waals surface area contributed by atoms with Gasteiger partial charge in [0.1, 0.15) is 0 Å². The number of amides is 1. The molecule has 1 rings (SSSR count). The zero-order chi connectivity index (χ0) is 15.6. The van der Waals surface area contributed by atoms with E-state index in [4.69, 9.17) is 17.3 Å². The van der Waals surface area contributed by atoms with Crippen molar-refractivity contribution >= 4 is 29.9 Å². The summed E-state index contributed by atoms with van der Waals surface area (Å²) in [7, 11) is 0. The molecule has 0 spiro atoms. The number of hydrogen-bond acceptors (Lipinski definition) is 2. The van der Waals surface area contributed by atoms with Gasteiger partial charge < -0.3 is 11.1 Å². The third-order valence-corrected chi connectivity index (χ3v) is 3.80. The monoisotopic (exact) mass is 332 g/mol. The summed E-state index contributed by atoms with van der Waals surface area (Å²) in [6.45, 7) is 10.6. The molecule has 0 aromatic heterocycles. The van der Waals surface area contributed by atoms with Gasteiger partial charge in [-0.3, -0.25) is 4.79 Å². The Kier molecular flexibility index (Phi) is 7.21. The van der Waals surface area contributed by atoms with Crippen molar-refractivity contribution < 1.29 is 4.79 Å². The standard InChI is InChI=1S/C16H25ClN2O.ClH/c1-15(2,3)13(18)14(20)19-10-16(4,5)11-6-8-12(17)9-7-11;/h6-9,13H,10,18H2,1-5H3,(H,19,20);1H/t13-;/m1./s1. The first-order valence-corrected chi connectivity index (χ1v) is 7.21. The van der Waals surface area contributed by atoms with Crippen LogP contribution in [0, 0.1) is 5.41 Å². The van der Waals surface area contributed by atoms with Gasteiger partial charge >= 0.3 is 0 Å². The van der Waals surface area contributed by atoms with Crippen LogP contribution >= 0.6 is 24.0 Å². The van der Waals surface area contributed by atoms with E-state index in [0.717, 1.165) is 5.56 Å².